The molecule has 0 aromatic heterocycles. The quantitative estimate of drug-likeness (QED) is 0.222. The normalized spacial score (nSPS) is 33.1. The zero-order chi connectivity index (χ0) is 28.8. The van der Waals surface area contributed by atoms with Gasteiger partial charge in [-0.25, -0.2) is 0 Å². The van der Waals surface area contributed by atoms with Crippen molar-refractivity contribution in [3.8, 4) is 0 Å². The molecule has 0 amide bonds. The summed E-state index contributed by atoms with van der Waals surface area (Å²) in [6.07, 6.45) is 18.4. The van der Waals surface area contributed by atoms with Crippen LogP contribution in [0.15, 0.2) is 35.5 Å². The second-order valence-electron chi connectivity index (χ2n) is 14.7. The van der Waals surface area contributed by atoms with Gasteiger partial charge in [0, 0.05) is 13.0 Å². The molecule has 0 saturated heterocycles. The topological polar surface area (TPSA) is 38.7 Å². The number of allylic oxidation sites excluding steroid dienone is 3. The Kier molecular flexibility index (Phi) is 12.0. The maximum absolute atomic E-state index is 9.92. The molecule has 3 nitrogen and oxygen atoms in total. The monoisotopic (exact) mass is 574 g/mol. The molecular formula is C34H62O3Si2. The second kappa shape index (κ2) is 14.1. The molecule has 3 aliphatic rings. The van der Waals surface area contributed by atoms with Crippen LogP contribution in [0.1, 0.15) is 98.3 Å². The minimum Gasteiger partial charge on any atom is -0.414 e. The van der Waals surface area contributed by atoms with Gasteiger partial charge in [0.2, 0.25) is 0 Å². The Morgan fingerprint density at radius 3 is 2.28 bits per heavy atom. The number of unbranched alkanes of at least 4 members (excludes halogenated alkanes) is 2. The summed E-state index contributed by atoms with van der Waals surface area (Å²) in [4.78, 5) is 0. The van der Waals surface area contributed by atoms with Gasteiger partial charge in [-0.1, -0.05) is 77.7 Å². The lowest BCUT2D eigenvalue weighted by atomic mass is 9.61. The lowest BCUT2D eigenvalue weighted by molar-refractivity contribution is 0.0690. The lowest BCUT2D eigenvalue weighted by Crippen LogP contribution is -2.44. The fourth-order valence-corrected chi connectivity index (χ4v) is 12.9. The molecule has 3 fully saturated rings. The Balaban J connectivity index is 1.85. The van der Waals surface area contributed by atoms with E-state index in [2.05, 4.69) is 72.6 Å². The summed E-state index contributed by atoms with van der Waals surface area (Å²) in [5, 5.41) is 9.92. The molecule has 0 radical (unpaired) electrons. The molecule has 224 valence electrons. The molecule has 3 rings (SSSR count). The van der Waals surface area contributed by atoms with E-state index < -0.39 is 16.6 Å². The number of hydrogen-bond donors (Lipinski definition) is 1. The third kappa shape index (κ3) is 8.53. The lowest BCUT2D eigenvalue weighted by Gasteiger charge is -2.44. The second-order valence-corrected chi connectivity index (χ2v) is 23.2. The molecule has 0 aliphatic heterocycles. The maximum atomic E-state index is 9.92. The molecule has 5 heteroatoms. The zero-order valence-corrected chi connectivity index (χ0v) is 28.9. The Morgan fingerprint density at radius 1 is 1.03 bits per heavy atom. The van der Waals surface area contributed by atoms with Gasteiger partial charge in [0.25, 0.3) is 0 Å². The van der Waals surface area contributed by atoms with Crippen LogP contribution in [-0.2, 0) is 8.85 Å². The van der Waals surface area contributed by atoms with Crippen LogP contribution in [-0.4, -0.2) is 40.6 Å². The highest BCUT2D eigenvalue weighted by molar-refractivity contribution is 6.71. The summed E-state index contributed by atoms with van der Waals surface area (Å²) in [5.74, 6) is 1.68. The third-order valence-electron chi connectivity index (χ3n) is 10.4. The van der Waals surface area contributed by atoms with Crippen LogP contribution in [0.2, 0.25) is 38.3 Å². The molecule has 0 aromatic rings. The van der Waals surface area contributed by atoms with Gasteiger partial charge in [0.15, 0.2) is 16.6 Å². The summed E-state index contributed by atoms with van der Waals surface area (Å²) in [5.41, 5.74) is 4.52. The molecule has 6 atom stereocenters. The van der Waals surface area contributed by atoms with Crippen LogP contribution < -0.4 is 0 Å². The highest BCUT2D eigenvalue weighted by Gasteiger charge is 2.50. The van der Waals surface area contributed by atoms with Gasteiger partial charge in [-0.3, -0.25) is 0 Å². The van der Waals surface area contributed by atoms with Crippen LogP contribution in [0.4, 0.5) is 0 Å². The first-order valence-corrected chi connectivity index (χ1v) is 22.6. The number of fused-ring (bicyclic) bond motifs is 1. The number of rotatable bonds is 13. The van der Waals surface area contributed by atoms with E-state index >= 15 is 0 Å². The average Bonchev–Trinajstić information content (AvgIpc) is 3.24. The Hall–Kier alpha value is -0.466. The Labute approximate surface area is 244 Å². The molecule has 0 spiro atoms. The summed E-state index contributed by atoms with van der Waals surface area (Å²) in [7, 11) is -3.48. The maximum Gasteiger partial charge on any atom is 0.187 e. The van der Waals surface area contributed by atoms with E-state index in [-0.39, 0.29) is 12.2 Å². The molecule has 1 N–H and O–H groups in total. The van der Waals surface area contributed by atoms with E-state index in [4.69, 9.17) is 8.85 Å². The van der Waals surface area contributed by atoms with Crippen molar-refractivity contribution in [3.63, 3.8) is 0 Å². The Bertz CT molecular complexity index is 876. The summed E-state index contributed by atoms with van der Waals surface area (Å²) >= 11 is 0. The predicted molar refractivity (Wildman–Crippen MR) is 173 cm³/mol. The van der Waals surface area contributed by atoms with Crippen molar-refractivity contribution in [2.24, 2.45) is 23.2 Å². The Morgan fingerprint density at radius 2 is 1.67 bits per heavy atom. The highest BCUT2D eigenvalue weighted by Crippen LogP contribution is 2.59. The van der Waals surface area contributed by atoms with Crippen molar-refractivity contribution in [1.82, 2.24) is 0 Å². The zero-order valence-electron chi connectivity index (χ0n) is 26.9. The van der Waals surface area contributed by atoms with Gasteiger partial charge in [0.1, 0.15) is 0 Å². The van der Waals surface area contributed by atoms with Crippen molar-refractivity contribution in [1.29, 1.82) is 0 Å². The standard InChI is InChI=1S/C34H62O3Si2/c1-10-12-21-38(6,7)36-30-23-29(27(4)33(24-30)37-39(8,9)22-13-11-2)17-16-28-15-14-20-34(5)31(26(3)25-35)18-19-32(28)34/h16-17,26,30-33,35H,4,10-15,18-25H2,1-3,5-9H3/t26-,30-,31-,32?,33+,34-/m1/s1. The number of hydrogen-bond acceptors (Lipinski definition) is 3. The van der Waals surface area contributed by atoms with Crippen LogP contribution in [0.25, 0.3) is 0 Å². The highest BCUT2D eigenvalue weighted by atomic mass is 28.4. The first kappa shape index (κ1) is 33.0. The molecule has 3 saturated carbocycles. The summed E-state index contributed by atoms with van der Waals surface area (Å²) in [6, 6.07) is 2.45. The average molecular weight is 575 g/mol. The van der Waals surface area contributed by atoms with Gasteiger partial charge in [-0.05, 0) is 111 Å². The predicted octanol–water partition coefficient (Wildman–Crippen LogP) is 9.81. The first-order valence-electron chi connectivity index (χ1n) is 16.4. The van der Waals surface area contributed by atoms with Gasteiger partial charge in [-0.2, -0.15) is 0 Å². The molecule has 0 aromatic carbocycles. The fraction of sp³-hybridized carbons (Fsp3) is 0.824. The molecular weight excluding hydrogens is 513 g/mol. The van der Waals surface area contributed by atoms with E-state index in [1.807, 2.05) is 0 Å². The van der Waals surface area contributed by atoms with E-state index in [9.17, 15) is 5.11 Å². The van der Waals surface area contributed by atoms with Crippen LogP contribution in [0, 0.1) is 23.2 Å². The third-order valence-corrected chi connectivity index (χ3v) is 15.5. The van der Waals surface area contributed by atoms with Crippen molar-refractivity contribution in [2.75, 3.05) is 6.61 Å². The minimum atomic E-state index is -1.77. The van der Waals surface area contributed by atoms with Gasteiger partial charge >= 0.3 is 0 Å². The van der Waals surface area contributed by atoms with Crippen molar-refractivity contribution in [2.45, 2.75) is 149 Å². The molecule has 3 aliphatic carbocycles. The molecule has 0 heterocycles. The minimum absolute atomic E-state index is 0.0841. The van der Waals surface area contributed by atoms with Crippen LogP contribution >= 0.6 is 0 Å². The molecule has 39 heavy (non-hydrogen) atoms. The van der Waals surface area contributed by atoms with Crippen LogP contribution in [0.3, 0.4) is 0 Å². The van der Waals surface area contributed by atoms with Gasteiger partial charge in [0.05, 0.1) is 12.2 Å². The van der Waals surface area contributed by atoms with Crippen LogP contribution in [0.5, 0.6) is 0 Å². The smallest absolute Gasteiger partial charge is 0.187 e. The summed E-state index contributed by atoms with van der Waals surface area (Å²) < 4.78 is 13.9. The van der Waals surface area contributed by atoms with Crippen molar-refractivity contribution >= 4 is 16.6 Å². The van der Waals surface area contributed by atoms with E-state index in [0.29, 0.717) is 29.8 Å². The van der Waals surface area contributed by atoms with Gasteiger partial charge in [-0.15, -0.1) is 0 Å². The fourth-order valence-electron chi connectivity index (χ4n) is 8.14. The number of aliphatic hydroxyl groups is 1. The summed E-state index contributed by atoms with van der Waals surface area (Å²) in [6.45, 7) is 23.9. The van der Waals surface area contributed by atoms with E-state index in [0.717, 1.165) is 12.8 Å². The van der Waals surface area contributed by atoms with E-state index in [1.165, 1.54) is 81.0 Å². The SMILES string of the molecule is C=C1C(=CC=C2CCC[C@@]3(C)C2CC[C@@H]3[C@H](C)CO)C[C@@H](O[Si](C)(C)CCCC)C[C@@H]1O[Si](C)(C)CCCC. The number of aliphatic hydroxyl groups excluding tert-OH is 1. The van der Waals surface area contributed by atoms with E-state index in [1.54, 1.807) is 5.57 Å². The van der Waals surface area contributed by atoms with Crippen molar-refractivity contribution < 1.29 is 14.0 Å². The molecule has 0 bridgehead atoms. The van der Waals surface area contributed by atoms with Gasteiger partial charge < -0.3 is 14.0 Å². The molecule has 1 unspecified atom stereocenters. The largest absolute Gasteiger partial charge is 0.414 e. The first-order chi connectivity index (χ1) is 18.4. The van der Waals surface area contributed by atoms with Crippen molar-refractivity contribution in [3.05, 3.63) is 35.5 Å².